The van der Waals surface area contributed by atoms with Crippen LogP contribution in [0.1, 0.15) is 37.7 Å². The van der Waals surface area contributed by atoms with Gasteiger partial charge in [0.1, 0.15) is 0 Å². The second-order valence-corrected chi connectivity index (χ2v) is 6.56. The number of benzene rings is 1. The van der Waals surface area contributed by atoms with Crippen LogP contribution in [0.25, 0.3) is 0 Å². The summed E-state index contributed by atoms with van der Waals surface area (Å²) in [6.07, 6.45) is 5.16. The highest BCUT2D eigenvalue weighted by molar-refractivity contribution is 6.33. The molecule has 1 aromatic rings. The Hall–Kier alpha value is -0.770. The molecule has 1 saturated carbocycles. The first-order valence-electron chi connectivity index (χ1n) is 7.49. The minimum atomic E-state index is -0.477. The van der Waals surface area contributed by atoms with Crippen LogP contribution < -0.4 is 4.90 Å². The molecule has 1 aliphatic carbocycles. The van der Waals surface area contributed by atoms with Gasteiger partial charge in [-0.2, -0.15) is 0 Å². The molecule has 110 valence electrons. The number of para-hydroxylation sites is 1. The maximum Gasteiger partial charge on any atom is 0.0709 e. The topological polar surface area (TPSA) is 43.7 Å². The third-order valence-corrected chi connectivity index (χ3v) is 5.29. The predicted octanol–water partition coefficient (Wildman–Crippen LogP) is 2.96. The maximum atomic E-state index is 10.7. The molecule has 0 spiro atoms. The van der Waals surface area contributed by atoms with Gasteiger partial charge in [-0.1, -0.05) is 36.6 Å². The quantitative estimate of drug-likeness (QED) is 0.881. The molecule has 0 radical (unpaired) electrons. The summed E-state index contributed by atoms with van der Waals surface area (Å²) in [5.74, 6) is 0.327. The van der Waals surface area contributed by atoms with Crippen molar-refractivity contribution in [2.24, 2.45) is 5.92 Å². The van der Waals surface area contributed by atoms with E-state index in [0.29, 0.717) is 10.9 Å². The van der Waals surface area contributed by atoms with Crippen molar-refractivity contribution in [3.63, 3.8) is 0 Å². The summed E-state index contributed by atoms with van der Waals surface area (Å²) < 4.78 is 0. The van der Waals surface area contributed by atoms with Crippen LogP contribution in [0, 0.1) is 5.92 Å². The molecule has 3 rings (SSSR count). The van der Waals surface area contributed by atoms with Gasteiger partial charge in [-0.15, -0.1) is 0 Å². The number of hydrogen-bond donors (Lipinski definition) is 2. The zero-order chi connectivity index (χ0) is 14.2. The Balaban J connectivity index is 1.86. The molecule has 2 aliphatic rings. The van der Waals surface area contributed by atoms with Gasteiger partial charge >= 0.3 is 0 Å². The van der Waals surface area contributed by atoms with Crippen molar-refractivity contribution >= 4 is 17.3 Å². The van der Waals surface area contributed by atoms with Crippen molar-refractivity contribution in [2.75, 3.05) is 18.0 Å². The lowest BCUT2D eigenvalue weighted by molar-refractivity contribution is -0.0612. The second-order valence-electron chi connectivity index (χ2n) is 6.15. The second kappa shape index (κ2) is 5.55. The first-order valence-corrected chi connectivity index (χ1v) is 7.87. The molecule has 0 amide bonds. The normalized spacial score (nSPS) is 30.1. The van der Waals surface area contributed by atoms with E-state index in [1.165, 1.54) is 6.42 Å². The van der Waals surface area contributed by atoms with Crippen LogP contribution in [0.15, 0.2) is 18.2 Å². The van der Waals surface area contributed by atoms with Gasteiger partial charge < -0.3 is 15.1 Å². The van der Waals surface area contributed by atoms with Gasteiger partial charge in [0.2, 0.25) is 0 Å². The average Bonchev–Trinajstić information content (AvgIpc) is 2.46. The van der Waals surface area contributed by atoms with Crippen LogP contribution in [0.2, 0.25) is 5.02 Å². The molecule has 1 saturated heterocycles. The summed E-state index contributed by atoms with van der Waals surface area (Å²) in [5.41, 5.74) is 1.35. The number of halogens is 1. The molecule has 2 fully saturated rings. The van der Waals surface area contributed by atoms with Crippen LogP contribution >= 0.6 is 11.6 Å². The Kier molecular flexibility index (Phi) is 3.93. The van der Waals surface area contributed by atoms with E-state index in [1.54, 1.807) is 0 Å². The van der Waals surface area contributed by atoms with E-state index < -0.39 is 5.60 Å². The number of nitrogens with zero attached hydrogens (tertiary/aromatic N) is 1. The lowest BCUT2D eigenvalue weighted by Gasteiger charge is -2.48. The summed E-state index contributed by atoms with van der Waals surface area (Å²) in [6, 6.07) is 5.67. The number of rotatable bonds is 2. The van der Waals surface area contributed by atoms with Crippen LogP contribution in [0.5, 0.6) is 0 Å². The molecule has 1 aromatic carbocycles. The maximum absolute atomic E-state index is 10.7. The van der Waals surface area contributed by atoms with E-state index >= 15 is 0 Å². The van der Waals surface area contributed by atoms with Crippen molar-refractivity contribution in [1.29, 1.82) is 0 Å². The Morgan fingerprint density at radius 3 is 2.95 bits per heavy atom. The molecule has 20 heavy (non-hydrogen) atoms. The zero-order valence-corrected chi connectivity index (χ0v) is 12.4. The number of fused-ring (bicyclic) bond motifs is 1. The largest absolute Gasteiger partial charge is 0.392 e. The minimum Gasteiger partial charge on any atom is -0.392 e. The highest BCUT2D eigenvalue weighted by Crippen LogP contribution is 2.42. The number of aliphatic hydroxyl groups is 2. The zero-order valence-electron chi connectivity index (χ0n) is 11.7. The van der Waals surface area contributed by atoms with Crippen molar-refractivity contribution in [3.05, 3.63) is 28.8 Å². The summed E-state index contributed by atoms with van der Waals surface area (Å²) >= 11 is 6.34. The summed E-state index contributed by atoms with van der Waals surface area (Å²) in [5, 5.41) is 21.0. The Bertz CT molecular complexity index is 493. The molecule has 0 bridgehead atoms. The van der Waals surface area contributed by atoms with Crippen molar-refractivity contribution in [3.8, 4) is 0 Å². The molecule has 4 heteroatoms. The highest BCUT2D eigenvalue weighted by atomic mass is 35.5. The molecule has 2 unspecified atom stereocenters. The van der Waals surface area contributed by atoms with Gasteiger partial charge in [0, 0.05) is 24.6 Å². The fourth-order valence-corrected chi connectivity index (χ4v) is 4.13. The lowest BCUT2D eigenvalue weighted by atomic mass is 9.71. The smallest absolute Gasteiger partial charge is 0.0709 e. The first-order chi connectivity index (χ1) is 9.64. The summed E-state index contributed by atoms with van der Waals surface area (Å²) in [4.78, 5) is 2.25. The molecule has 2 N–H and O–H groups in total. The SMILES string of the molecule is OCc1cccc(Cl)c1N1CCC2(O)CCCCC2C1. The Labute approximate surface area is 125 Å². The molecule has 1 heterocycles. The van der Waals surface area contributed by atoms with E-state index in [9.17, 15) is 10.2 Å². The third-order valence-electron chi connectivity index (χ3n) is 4.98. The molecule has 3 nitrogen and oxygen atoms in total. The van der Waals surface area contributed by atoms with E-state index in [0.717, 1.165) is 50.0 Å². The predicted molar refractivity (Wildman–Crippen MR) is 81.1 cm³/mol. The fraction of sp³-hybridized carbons (Fsp3) is 0.625. The van der Waals surface area contributed by atoms with Gasteiger partial charge in [0.05, 0.1) is 22.9 Å². The summed E-state index contributed by atoms with van der Waals surface area (Å²) in [7, 11) is 0. The van der Waals surface area contributed by atoms with Gasteiger partial charge in [-0.05, 0) is 25.3 Å². The van der Waals surface area contributed by atoms with Gasteiger partial charge in [0.15, 0.2) is 0 Å². The summed E-state index contributed by atoms with van der Waals surface area (Å²) in [6.45, 7) is 1.65. The van der Waals surface area contributed by atoms with Crippen molar-refractivity contribution in [2.45, 2.75) is 44.3 Å². The van der Waals surface area contributed by atoms with E-state index in [4.69, 9.17) is 11.6 Å². The van der Waals surface area contributed by atoms with Gasteiger partial charge in [-0.3, -0.25) is 0 Å². The van der Waals surface area contributed by atoms with Crippen LogP contribution in [-0.4, -0.2) is 28.9 Å². The standard InChI is InChI=1S/C16H22ClNO2/c17-14-6-3-4-12(11-19)15(14)18-9-8-16(20)7-2-1-5-13(16)10-18/h3-4,6,13,19-20H,1-2,5,7-11H2. The molecular formula is C16H22ClNO2. The molecular weight excluding hydrogens is 274 g/mol. The number of hydrogen-bond acceptors (Lipinski definition) is 3. The van der Waals surface area contributed by atoms with Gasteiger partial charge in [-0.25, -0.2) is 0 Å². The Morgan fingerprint density at radius 2 is 2.15 bits per heavy atom. The minimum absolute atomic E-state index is 0.00132. The number of piperidine rings is 1. The molecule has 1 aliphatic heterocycles. The number of aliphatic hydroxyl groups excluding tert-OH is 1. The highest BCUT2D eigenvalue weighted by Gasteiger charge is 2.43. The van der Waals surface area contributed by atoms with E-state index in [1.807, 2.05) is 18.2 Å². The van der Waals surface area contributed by atoms with Crippen molar-refractivity contribution in [1.82, 2.24) is 0 Å². The Morgan fingerprint density at radius 1 is 1.30 bits per heavy atom. The third kappa shape index (κ3) is 2.43. The first kappa shape index (κ1) is 14.2. The fourth-order valence-electron chi connectivity index (χ4n) is 3.82. The van der Waals surface area contributed by atoms with Crippen LogP contribution in [-0.2, 0) is 6.61 Å². The lowest BCUT2D eigenvalue weighted by Crippen LogP contribution is -2.53. The van der Waals surface area contributed by atoms with E-state index in [2.05, 4.69) is 4.90 Å². The average molecular weight is 296 g/mol. The van der Waals surface area contributed by atoms with E-state index in [-0.39, 0.29) is 6.61 Å². The molecule has 0 aromatic heterocycles. The molecule has 2 atom stereocenters. The van der Waals surface area contributed by atoms with Crippen LogP contribution in [0.4, 0.5) is 5.69 Å². The monoisotopic (exact) mass is 295 g/mol. The van der Waals surface area contributed by atoms with Crippen LogP contribution in [0.3, 0.4) is 0 Å². The number of anilines is 1. The van der Waals surface area contributed by atoms with Gasteiger partial charge in [0.25, 0.3) is 0 Å². The van der Waals surface area contributed by atoms with Crippen molar-refractivity contribution < 1.29 is 10.2 Å².